The van der Waals surface area contributed by atoms with E-state index < -0.39 is 0 Å². The lowest BCUT2D eigenvalue weighted by molar-refractivity contribution is 0.223. The van der Waals surface area contributed by atoms with Crippen LogP contribution in [0.3, 0.4) is 0 Å². The molecule has 6 heteroatoms. The zero-order valence-electron chi connectivity index (χ0n) is 22.0. The molecular formula is C29H42N4OS. The highest BCUT2D eigenvalue weighted by Crippen LogP contribution is 2.24. The van der Waals surface area contributed by atoms with Gasteiger partial charge in [0.05, 0.1) is 5.69 Å². The average molecular weight is 495 g/mol. The first kappa shape index (κ1) is 28.9. The number of ether oxygens (including phenoxy) is 1. The summed E-state index contributed by atoms with van der Waals surface area (Å²) in [6.45, 7) is 14.6. The van der Waals surface area contributed by atoms with Gasteiger partial charge in [-0.25, -0.2) is 4.31 Å². The fourth-order valence-electron chi connectivity index (χ4n) is 3.54. The molecule has 0 unspecified atom stereocenters. The number of benzene rings is 2. The minimum atomic E-state index is 0.726. The van der Waals surface area contributed by atoms with Crippen LogP contribution in [-0.2, 0) is 19.6 Å². The molecule has 2 aromatic carbocycles. The number of nitrogens with one attached hydrogen (secondary N) is 1. The predicted molar refractivity (Wildman–Crippen MR) is 150 cm³/mol. The Bertz CT molecular complexity index is 933. The summed E-state index contributed by atoms with van der Waals surface area (Å²) in [4.78, 5) is 7.97. The van der Waals surface area contributed by atoms with Crippen molar-refractivity contribution < 1.29 is 4.74 Å². The molecule has 0 radical (unpaired) electrons. The number of hydrogen-bond donors (Lipinski definition) is 1. The van der Waals surface area contributed by atoms with Crippen molar-refractivity contribution in [1.82, 2.24) is 19.5 Å². The van der Waals surface area contributed by atoms with E-state index >= 15 is 0 Å². The second-order valence-corrected chi connectivity index (χ2v) is 9.25. The van der Waals surface area contributed by atoms with Crippen LogP contribution in [0.4, 0.5) is 0 Å². The topological polar surface area (TPSA) is 40.6 Å². The molecule has 0 spiro atoms. The summed E-state index contributed by atoms with van der Waals surface area (Å²) in [5, 5.41) is 3.47. The van der Waals surface area contributed by atoms with Crippen LogP contribution in [-0.4, -0.2) is 47.5 Å². The second kappa shape index (κ2) is 17.1. The van der Waals surface area contributed by atoms with E-state index in [4.69, 9.17) is 4.74 Å². The van der Waals surface area contributed by atoms with Crippen LogP contribution in [0, 0.1) is 0 Å². The Morgan fingerprint density at radius 1 is 0.886 bits per heavy atom. The molecule has 190 valence electrons. The van der Waals surface area contributed by atoms with Gasteiger partial charge in [0.15, 0.2) is 0 Å². The zero-order chi connectivity index (χ0) is 25.3. The van der Waals surface area contributed by atoms with Crippen LogP contribution in [0.1, 0.15) is 44.5 Å². The molecule has 0 saturated heterocycles. The van der Waals surface area contributed by atoms with Crippen molar-refractivity contribution in [1.29, 1.82) is 0 Å². The molecule has 0 bridgehead atoms. The fourth-order valence-corrected chi connectivity index (χ4v) is 4.46. The third-order valence-corrected chi connectivity index (χ3v) is 6.33. The Morgan fingerprint density at radius 3 is 2.34 bits per heavy atom. The molecule has 3 rings (SSSR count). The van der Waals surface area contributed by atoms with Gasteiger partial charge in [-0.2, -0.15) is 0 Å². The summed E-state index contributed by atoms with van der Waals surface area (Å²) in [6, 6.07) is 23.2. The van der Waals surface area contributed by atoms with Gasteiger partial charge < -0.3 is 15.0 Å². The normalized spacial score (nSPS) is 10.8. The molecule has 0 saturated carbocycles. The molecule has 0 fully saturated rings. The highest BCUT2D eigenvalue weighted by molar-refractivity contribution is 7.97. The molecule has 1 N–H and O–H groups in total. The fraction of sp³-hybridized carbons (Fsp3) is 0.414. The summed E-state index contributed by atoms with van der Waals surface area (Å²) >= 11 is 1.77. The first-order valence-electron chi connectivity index (χ1n) is 12.7. The van der Waals surface area contributed by atoms with E-state index in [0.717, 1.165) is 57.3 Å². The molecule has 1 aromatic heterocycles. The third kappa shape index (κ3) is 11.3. The van der Waals surface area contributed by atoms with E-state index in [-0.39, 0.29) is 0 Å². The van der Waals surface area contributed by atoms with Gasteiger partial charge in [-0.05, 0) is 79.6 Å². The number of aromatic nitrogens is 1. The first-order valence-corrected chi connectivity index (χ1v) is 13.5. The van der Waals surface area contributed by atoms with Gasteiger partial charge in [0.1, 0.15) is 12.4 Å². The Labute approximate surface area is 217 Å². The Hall–Kier alpha value is -2.38. The molecule has 0 atom stereocenters. The molecule has 5 nitrogen and oxygen atoms in total. The minimum absolute atomic E-state index is 0.726. The van der Waals surface area contributed by atoms with Crippen molar-refractivity contribution in [2.45, 2.75) is 52.2 Å². The molecule has 1 heterocycles. The highest BCUT2D eigenvalue weighted by atomic mass is 32.2. The molecule has 0 aliphatic rings. The molecule has 35 heavy (non-hydrogen) atoms. The smallest absolute Gasteiger partial charge is 0.119 e. The van der Waals surface area contributed by atoms with E-state index in [1.807, 2.05) is 38.2 Å². The van der Waals surface area contributed by atoms with Crippen LogP contribution >= 0.6 is 11.9 Å². The molecule has 0 aliphatic heterocycles. The van der Waals surface area contributed by atoms with Gasteiger partial charge in [0, 0.05) is 37.3 Å². The number of hydrogen-bond acceptors (Lipinski definition) is 6. The monoisotopic (exact) mass is 494 g/mol. The van der Waals surface area contributed by atoms with Crippen molar-refractivity contribution >= 4 is 11.9 Å². The first-order chi connectivity index (χ1) is 17.2. The van der Waals surface area contributed by atoms with Crippen LogP contribution in [0.2, 0.25) is 0 Å². The van der Waals surface area contributed by atoms with E-state index in [0.29, 0.717) is 0 Å². The Morgan fingerprint density at radius 2 is 1.66 bits per heavy atom. The summed E-state index contributed by atoms with van der Waals surface area (Å²) in [7, 11) is 2.13. The quantitative estimate of drug-likeness (QED) is 0.267. The minimum Gasteiger partial charge on any atom is -0.492 e. The van der Waals surface area contributed by atoms with Crippen molar-refractivity contribution in [3.05, 3.63) is 89.7 Å². The number of nitrogens with zero attached hydrogens (tertiary/aromatic N) is 3. The summed E-state index contributed by atoms with van der Waals surface area (Å²) < 4.78 is 8.16. The highest BCUT2D eigenvalue weighted by Gasteiger charge is 2.06. The summed E-state index contributed by atoms with van der Waals surface area (Å²) in [5.74, 6) is 0.937. The van der Waals surface area contributed by atoms with Gasteiger partial charge in [0.25, 0.3) is 0 Å². The molecule has 0 aliphatic carbocycles. The number of pyridine rings is 1. The van der Waals surface area contributed by atoms with Gasteiger partial charge >= 0.3 is 0 Å². The Kier molecular flexibility index (Phi) is 14.1. The largest absolute Gasteiger partial charge is 0.492 e. The SMILES string of the molecule is CC.CCN(CC)CCOc1ccc(CN(C)Sc2cccc(CNCc3ccccn3)c2)cc1. The molecule has 3 aromatic rings. The lowest BCUT2D eigenvalue weighted by Gasteiger charge is -2.18. The third-order valence-electron chi connectivity index (χ3n) is 5.42. The summed E-state index contributed by atoms with van der Waals surface area (Å²) in [5.41, 5.74) is 3.60. The molecular weight excluding hydrogens is 452 g/mol. The van der Waals surface area contributed by atoms with Crippen molar-refractivity contribution in [2.24, 2.45) is 0 Å². The van der Waals surface area contributed by atoms with Gasteiger partial charge in [0.2, 0.25) is 0 Å². The zero-order valence-corrected chi connectivity index (χ0v) is 22.9. The van der Waals surface area contributed by atoms with Crippen molar-refractivity contribution in [2.75, 3.05) is 33.3 Å². The standard InChI is InChI=1S/C27H36N4OS.C2H6/c1-4-31(5-2)17-18-32-26-14-12-23(13-15-26)22-30(3)33-27-11-8-9-24(19-27)20-28-21-25-10-6-7-16-29-25;1-2/h6-16,19,28H,4-5,17-18,20-22H2,1-3H3;1-2H3. The van der Waals surface area contributed by atoms with Gasteiger partial charge in [-0.15, -0.1) is 0 Å². The maximum absolute atomic E-state index is 5.90. The maximum atomic E-state index is 5.90. The van der Waals surface area contributed by atoms with Crippen molar-refractivity contribution in [3.8, 4) is 5.75 Å². The van der Waals surface area contributed by atoms with E-state index in [2.05, 4.69) is 88.9 Å². The van der Waals surface area contributed by atoms with Crippen LogP contribution in [0.5, 0.6) is 5.75 Å². The Balaban J connectivity index is 0.00000210. The van der Waals surface area contributed by atoms with E-state index in [1.165, 1.54) is 16.0 Å². The summed E-state index contributed by atoms with van der Waals surface area (Å²) in [6.07, 6.45) is 1.83. The van der Waals surface area contributed by atoms with Crippen LogP contribution in [0.25, 0.3) is 0 Å². The van der Waals surface area contributed by atoms with Gasteiger partial charge in [-0.3, -0.25) is 4.98 Å². The lowest BCUT2D eigenvalue weighted by atomic mass is 10.2. The van der Waals surface area contributed by atoms with Crippen molar-refractivity contribution in [3.63, 3.8) is 0 Å². The second-order valence-electron chi connectivity index (χ2n) is 7.97. The van der Waals surface area contributed by atoms with E-state index in [9.17, 15) is 0 Å². The number of rotatable bonds is 14. The van der Waals surface area contributed by atoms with Crippen LogP contribution < -0.4 is 10.1 Å². The van der Waals surface area contributed by atoms with E-state index in [1.54, 1.807) is 11.9 Å². The predicted octanol–water partition coefficient (Wildman–Crippen LogP) is 6.26. The number of likely N-dealkylation sites (N-methyl/N-ethyl adjacent to an activating group) is 1. The van der Waals surface area contributed by atoms with Crippen LogP contribution in [0.15, 0.2) is 77.8 Å². The maximum Gasteiger partial charge on any atom is 0.119 e. The molecule has 0 amide bonds. The average Bonchev–Trinajstić information content (AvgIpc) is 2.90. The lowest BCUT2D eigenvalue weighted by Crippen LogP contribution is -2.27. The van der Waals surface area contributed by atoms with Gasteiger partial charge in [-0.1, -0.05) is 58.0 Å².